The molecule has 23 heavy (non-hydrogen) atoms. The molecule has 0 saturated carbocycles. The second-order valence-corrected chi connectivity index (χ2v) is 6.59. The van der Waals surface area contributed by atoms with Crippen molar-refractivity contribution in [1.29, 1.82) is 0 Å². The van der Waals surface area contributed by atoms with E-state index in [0.29, 0.717) is 49.1 Å². The number of halogens is 1. The lowest BCUT2D eigenvalue weighted by Gasteiger charge is -2.35. The molecule has 1 saturated heterocycles. The molecule has 1 fully saturated rings. The van der Waals surface area contributed by atoms with Gasteiger partial charge in [-0.3, -0.25) is 9.59 Å². The van der Waals surface area contributed by atoms with Crippen molar-refractivity contribution in [1.82, 2.24) is 9.80 Å². The topological polar surface area (TPSA) is 40.6 Å². The quantitative estimate of drug-likeness (QED) is 0.798. The molecule has 1 unspecified atom stereocenters. The van der Waals surface area contributed by atoms with E-state index in [1.807, 2.05) is 9.80 Å². The van der Waals surface area contributed by atoms with Crippen LogP contribution < -0.4 is 0 Å². The Kier molecular flexibility index (Phi) is 5.01. The fraction of sp³-hybridized carbons (Fsp3) is 0.444. The van der Waals surface area contributed by atoms with Gasteiger partial charge >= 0.3 is 0 Å². The molecule has 4 nitrogen and oxygen atoms in total. The minimum atomic E-state index is 0.00694. The van der Waals surface area contributed by atoms with Crippen LogP contribution in [0.1, 0.15) is 29.6 Å². The van der Waals surface area contributed by atoms with Gasteiger partial charge < -0.3 is 9.80 Å². The van der Waals surface area contributed by atoms with Crippen molar-refractivity contribution in [2.45, 2.75) is 19.3 Å². The molecule has 5 heteroatoms. The summed E-state index contributed by atoms with van der Waals surface area (Å²) in [5.41, 5.74) is 0.644. The molecule has 0 spiro atoms. The molecule has 1 aliphatic carbocycles. The largest absolute Gasteiger partial charge is 0.339 e. The van der Waals surface area contributed by atoms with Crippen LogP contribution in [0.4, 0.5) is 0 Å². The van der Waals surface area contributed by atoms with E-state index in [1.54, 1.807) is 24.3 Å². The number of benzene rings is 1. The van der Waals surface area contributed by atoms with Gasteiger partial charge in [-0.25, -0.2) is 0 Å². The maximum Gasteiger partial charge on any atom is 0.253 e. The zero-order chi connectivity index (χ0) is 16.2. The van der Waals surface area contributed by atoms with E-state index < -0.39 is 0 Å². The minimum absolute atomic E-state index is 0.00694. The Bertz CT molecular complexity index is 604. The summed E-state index contributed by atoms with van der Waals surface area (Å²) in [6, 6.07) is 6.94. The Morgan fingerprint density at radius 2 is 1.70 bits per heavy atom. The molecule has 0 radical (unpaired) electrons. The predicted molar refractivity (Wildman–Crippen MR) is 90.4 cm³/mol. The third kappa shape index (κ3) is 3.94. The Balaban J connectivity index is 1.51. The van der Waals surface area contributed by atoms with Gasteiger partial charge in [-0.15, -0.1) is 0 Å². The van der Waals surface area contributed by atoms with Gasteiger partial charge in [-0.1, -0.05) is 23.8 Å². The van der Waals surface area contributed by atoms with Crippen molar-refractivity contribution in [2.75, 3.05) is 26.2 Å². The highest BCUT2D eigenvalue weighted by Gasteiger charge is 2.26. The average molecular weight is 333 g/mol. The number of allylic oxidation sites excluding steroid dienone is 2. The number of carbonyl (C=O) groups is 2. The number of amides is 2. The van der Waals surface area contributed by atoms with Gasteiger partial charge in [0.1, 0.15) is 0 Å². The van der Waals surface area contributed by atoms with Crippen LogP contribution >= 0.6 is 11.6 Å². The van der Waals surface area contributed by atoms with Crippen molar-refractivity contribution < 1.29 is 9.59 Å². The molecule has 1 aliphatic heterocycles. The second kappa shape index (κ2) is 7.18. The van der Waals surface area contributed by atoms with Gasteiger partial charge in [0.25, 0.3) is 5.91 Å². The second-order valence-electron chi connectivity index (χ2n) is 6.15. The van der Waals surface area contributed by atoms with Gasteiger partial charge in [0.05, 0.1) is 0 Å². The summed E-state index contributed by atoms with van der Waals surface area (Å²) in [4.78, 5) is 28.4. The van der Waals surface area contributed by atoms with Crippen LogP contribution in [-0.2, 0) is 4.79 Å². The Morgan fingerprint density at radius 1 is 1.04 bits per heavy atom. The van der Waals surface area contributed by atoms with Crippen LogP contribution in [0.25, 0.3) is 0 Å². The molecule has 0 aromatic heterocycles. The number of nitrogens with zero attached hydrogens (tertiary/aromatic N) is 2. The molecule has 1 heterocycles. The van der Waals surface area contributed by atoms with E-state index in [9.17, 15) is 9.59 Å². The summed E-state index contributed by atoms with van der Waals surface area (Å²) in [6.45, 7) is 2.42. The van der Waals surface area contributed by atoms with Crippen LogP contribution in [-0.4, -0.2) is 47.8 Å². The Morgan fingerprint density at radius 3 is 2.30 bits per heavy atom. The lowest BCUT2D eigenvalue weighted by Crippen LogP contribution is -2.50. The van der Waals surface area contributed by atoms with Gasteiger partial charge in [0.15, 0.2) is 0 Å². The van der Waals surface area contributed by atoms with Gasteiger partial charge in [0, 0.05) is 43.2 Å². The van der Waals surface area contributed by atoms with Gasteiger partial charge in [-0.05, 0) is 43.0 Å². The zero-order valence-electron chi connectivity index (χ0n) is 13.1. The number of hydrogen-bond donors (Lipinski definition) is 0. The fourth-order valence-corrected chi connectivity index (χ4v) is 3.28. The molecule has 1 aromatic rings. The smallest absolute Gasteiger partial charge is 0.253 e. The van der Waals surface area contributed by atoms with E-state index in [4.69, 9.17) is 11.6 Å². The van der Waals surface area contributed by atoms with Crippen molar-refractivity contribution >= 4 is 23.4 Å². The molecular weight excluding hydrogens is 312 g/mol. The van der Waals surface area contributed by atoms with Crippen molar-refractivity contribution in [3.8, 4) is 0 Å². The van der Waals surface area contributed by atoms with Crippen molar-refractivity contribution in [2.24, 2.45) is 5.92 Å². The summed E-state index contributed by atoms with van der Waals surface area (Å²) < 4.78 is 0. The zero-order valence-corrected chi connectivity index (χ0v) is 13.8. The van der Waals surface area contributed by atoms with Crippen LogP contribution in [0, 0.1) is 5.92 Å². The minimum Gasteiger partial charge on any atom is -0.339 e. The first kappa shape index (κ1) is 16.1. The van der Waals surface area contributed by atoms with Gasteiger partial charge in [-0.2, -0.15) is 0 Å². The normalized spacial score (nSPS) is 20.8. The first-order valence-corrected chi connectivity index (χ1v) is 8.50. The molecule has 122 valence electrons. The maximum atomic E-state index is 12.4. The van der Waals surface area contributed by atoms with E-state index >= 15 is 0 Å². The lowest BCUT2D eigenvalue weighted by molar-refractivity contribution is -0.133. The Hall–Kier alpha value is -1.81. The van der Waals surface area contributed by atoms with Crippen LogP contribution in [0.15, 0.2) is 36.4 Å². The summed E-state index contributed by atoms with van der Waals surface area (Å²) in [5, 5.41) is 0.623. The number of rotatable bonds is 3. The first-order valence-electron chi connectivity index (χ1n) is 8.13. The van der Waals surface area contributed by atoms with E-state index in [-0.39, 0.29) is 11.8 Å². The molecular formula is C18H21ClN2O2. The average Bonchev–Trinajstić information content (AvgIpc) is 3.08. The third-order valence-electron chi connectivity index (χ3n) is 4.56. The van der Waals surface area contributed by atoms with Crippen LogP contribution in [0.3, 0.4) is 0 Å². The lowest BCUT2D eigenvalue weighted by atomic mass is 10.0. The van der Waals surface area contributed by atoms with Crippen LogP contribution in [0.2, 0.25) is 5.02 Å². The summed E-state index contributed by atoms with van der Waals surface area (Å²) in [7, 11) is 0. The van der Waals surface area contributed by atoms with E-state index in [0.717, 1.165) is 12.8 Å². The molecule has 0 bridgehead atoms. The summed E-state index contributed by atoms with van der Waals surface area (Å²) >= 11 is 5.85. The van der Waals surface area contributed by atoms with Crippen molar-refractivity contribution in [3.63, 3.8) is 0 Å². The molecule has 1 aromatic carbocycles. The Labute approximate surface area is 141 Å². The number of piperazine rings is 1. The first-order chi connectivity index (χ1) is 11.1. The SMILES string of the molecule is O=C(CC1C=CCC1)N1CCN(C(=O)c2ccc(Cl)cc2)CC1. The van der Waals surface area contributed by atoms with Crippen LogP contribution in [0.5, 0.6) is 0 Å². The third-order valence-corrected chi connectivity index (χ3v) is 4.81. The summed E-state index contributed by atoms with van der Waals surface area (Å²) in [6.07, 6.45) is 7.07. The number of carbonyl (C=O) groups excluding carboxylic acids is 2. The highest BCUT2D eigenvalue weighted by Crippen LogP contribution is 2.22. The highest BCUT2D eigenvalue weighted by molar-refractivity contribution is 6.30. The van der Waals surface area contributed by atoms with Gasteiger partial charge in [0.2, 0.25) is 5.91 Å². The number of hydrogen-bond acceptors (Lipinski definition) is 2. The monoisotopic (exact) mass is 332 g/mol. The fourth-order valence-electron chi connectivity index (χ4n) is 3.15. The van der Waals surface area contributed by atoms with E-state index in [1.165, 1.54) is 0 Å². The maximum absolute atomic E-state index is 12.4. The molecule has 2 aliphatic rings. The summed E-state index contributed by atoms with van der Waals surface area (Å²) in [5.74, 6) is 0.615. The van der Waals surface area contributed by atoms with Crippen molar-refractivity contribution in [3.05, 3.63) is 47.0 Å². The predicted octanol–water partition coefficient (Wildman–Crippen LogP) is 2.98. The molecule has 2 amide bonds. The standard InChI is InChI=1S/C18H21ClN2O2/c19-16-7-5-15(6-8-16)18(23)21-11-9-20(10-12-21)17(22)13-14-3-1-2-4-14/h1,3,5-8,14H,2,4,9-13H2. The molecule has 0 N–H and O–H groups in total. The molecule has 1 atom stereocenters. The highest BCUT2D eigenvalue weighted by atomic mass is 35.5. The molecule has 3 rings (SSSR count). The van der Waals surface area contributed by atoms with E-state index in [2.05, 4.69) is 12.2 Å².